The lowest BCUT2D eigenvalue weighted by atomic mass is 9.67. The highest BCUT2D eigenvalue weighted by molar-refractivity contribution is 5.70. The SMILES string of the molecule is COC(=O)CC1(C2CO2)CCC(C)CC1. The quantitative estimate of drug-likeness (QED) is 0.531. The smallest absolute Gasteiger partial charge is 0.306 e. The number of carbonyl (C=O) groups excluding carboxylic acids is 1. The number of methoxy groups -OCH3 is 1. The Morgan fingerprint density at radius 1 is 1.47 bits per heavy atom. The van der Waals surface area contributed by atoms with Crippen LogP contribution in [0.4, 0.5) is 0 Å². The van der Waals surface area contributed by atoms with Crippen LogP contribution in [0.2, 0.25) is 0 Å². The van der Waals surface area contributed by atoms with Crippen molar-refractivity contribution < 1.29 is 14.3 Å². The number of carbonyl (C=O) groups is 1. The highest BCUT2D eigenvalue weighted by Gasteiger charge is 2.49. The van der Waals surface area contributed by atoms with Crippen LogP contribution in [0.25, 0.3) is 0 Å². The summed E-state index contributed by atoms with van der Waals surface area (Å²) in [6.45, 7) is 3.13. The molecule has 0 amide bonds. The Kier molecular flexibility index (Phi) is 3.01. The molecule has 0 N–H and O–H groups in total. The molecular weight excluding hydrogens is 192 g/mol. The number of esters is 1. The van der Waals surface area contributed by atoms with Gasteiger partial charge in [-0.15, -0.1) is 0 Å². The summed E-state index contributed by atoms with van der Waals surface area (Å²) in [6.07, 6.45) is 5.54. The van der Waals surface area contributed by atoms with Crippen LogP contribution in [0.15, 0.2) is 0 Å². The third-order valence-corrected chi connectivity index (χ3v) is 4.01. The zero-order valence-electron chi connectivity index (χ0n) is 9.62. The van der Waals surface area contributed by atoms with Crippen molar-refractivity contribution in [3.8, 4) is 0 Å². The summed E-state index contributed by atoms with van der Waals surface area (Å²) in [5, 5.41) is 0. The molecule has 15 heavy (non-hydrogen) atoms. The third kappa shape index (κ3) is 2.33. The third-order valence-electron chi connectivity index (χ3n) is 4.01. The van der Waals surface area contributed by atoms with Crippen molar-refractivity contribution in [1.29, 1.82) is 0 Å². The van der Waals surface area contributed by atoms with Gasteiger partial charge in [-0.3, -0.25) is 4.79 Å². The molecule has 0 bridgehead atoms. The molecule has 2 rings (SSSR count). The van der Waals surface area contributed by atoms with E-state index in [0.29, 0.717) is 12.5 Å². The molecule has 0 aromatic heterocycles. The highest BCUT2D eigenvalue weighted by atomic mass is 16.6. The van der Waals surface area contributed by atoms with Crippen LogP contribution < -0.4 is 0 Å². The van der Waals surface area contributed by atoms with Gasteiger partial charge in [0.05, 0.1) is 26.2 Å². The highest BCUT2D eigenvalue weighted by Crippen LogP contribution is 2.49. The van der Waals surface area contributed by atoms with Crippen molar-refractivity contribution in [3.63, 3.8) is 0 Å². The fraction of sp³-hybridized carbons (Fsp3) is 0.917. The Balaban J connectivity index is 2.00. The average molecular weight is 212 g/mol. The van der Waals surface area contributed by atoms with Crippen LogP contribution in [0.1, 0.15) is 39.0 Å². The fourth-order valence-electron chi connectivity index (χ4n) is 2.71. The van der Waals surface area contributed by atoms with E-state index in [9.17, 15) is 4.79 Å². The zero-order chi connectivity index (χ0) is 10.9. The predicted octanol–water partition coefficient (Wildman–Crippen LogP) is 2.14. The molecule has 1 saturated carbocycles. The normalized spacial score (nSPS) is 39.9. The molecule has 1 saturated heterocycles. The van der Waals surface area contributed by atoms with Gasteiger partial charge in [0.25, 0.3) is 0 Å². The maximum Gasteiger partial charge on any atom is 0.306 e. The Morgan fingerprint density at radius 2 is 2.07 bits per heavy atom. The number of hydrogen-bond donors (Lipinski definition) is 0. The molecule has 2 fully saturated rings. The minimum atomic E-state index is -0.0833. The van der Waals surface area contributed by atoms with Crippen molar-refractivity contribution in [1.82, 2.24) is 0 Å². The van der Waals surface area contributed by atoms with E-state index >= 15 is 0 Å². The summed E-state index contributed by atoms with van der Waals surface area (Å²) < 4.78 is 10.2. The summed E-state index contributed by atoms with van der Waals surface area (Å²) in [4.78, 5) is 11.4. The van der Waals surface area contributed by atoms with E-state index in [1.165, 1.54) is 20.0 Å². The molecule has 1 heterocycles. The van der Waals surface area contributed by atoms with E-state index in [4.69, 9.17) is 9.47 Å². The molecule has 0 radical (unpaired) electrons. The topological polar surface area (TPSA) is 38.8 Å². The number of hydrogen-bond acceptors (Lipinski definition) is 3. The van der Waals surface area contributed by atoms with Crippen LogP contribution in [0.5, 0.6) is 0 Å². The van der Waals surface area contributed by atoms with Crippen LogP contribution >= 0.6 is 0 Å². The van der Waals surface area contributed by atoms with Gasteiger partial charge >= 0.3 is 5.97 Å². The monoisotopic (exact) mass is 212 g/mol. The van der Waals surface area contributed by atoms with Gasteiger partial charge in [-0.1, -0.05) is 19.8 Å². The van der Waals surface area contributed by atoms with Gasteiger partial charge in [0.2, 0.25) is 0 Å². The number of epoxide rings is 1. The zero-order valence-corrected chi connectivity index (χ0v) is 9.62. The Bertz CT molecular complexity index is 237. The summed E-state index contributed by atoms with van der Waals surface area (Å²) in [7, 11) is 1.47. The largest absolute Gasteiger partial charge is 0.469 e. The van der Waals surface area contributed by atoms with Gasteiger partial charge in [-0.2, -0.15) is 0 Å². The molecular formula is C12H20O3. The first-order chi connectivity index (χ1) is 7.16. The molecule has 1 aliphatic heterocycles. The minimum absolute atomic E-state index is 0.0833. The van der Waals surface area contributed by atoms with Crippen molar-refractivity contribution >= 4 is 5.97 Å². The summed E-state index contributed by atoms with van der Waals surface area (Å²) >= 11 is 0. The van der Waals surface area contributed by atoms with Crippen molar-refractivity contribution in [2.45, 2.75) is 45.1 Å². The Hall–Kier alpha value is -0.570. The standard InChI is InChI=1S/C12H20O3/c1-9-3-5-12(6-4-9,10-8-15-10)7-11(13)14-2/h9-10H,3-8H2,1-2H3. The molecule has 86 valence electrons. The number of rotatable bonds is 3. The van der Waals surface area contributed by atoms with Crippen molar-refractivity contribution in [3.05, 3.63) is 0 Å². The van der Waals surface area contributed by atoms with E-state index in [0.717, 1.165) is 25.4 Å². The van der Waals surface area contributed by atoms with E-state index in [2.05, 4.69) is 6.92 Å². The first-order valence-electron chi connectivity index (χ1n) is 5.85. The lowest BCUT2D eigenvalue weighted by Crippen LogP contribution is -2.35. The molecule has 0 spiro atoms. The predicted molar refractivity (Wildman–Crippen MR) is 56.4 cm³/mol. The summed E-state index contributed by atoms with van der Waals surface area (Å²) in [5.41, 5.74) is 0.0968. The van der Waals surface area contributed by atoms with Crippen LogP contribution in [0.3, 0.4) is 0 Å². The van der Waals surface area contributed by atoms with E-state index in [1.54, 1.807) is 0 Å². The minimum Gasteiger partial charge on any atom is -0.469 e. The van der Waals surface area contributed by atoms with Crippen molar-refractivity contribution in [2.24, 2.45) is 11.3 Å². The van der Waals surface area contributed by atoms with Gasteiger partial charge in [0, 0.05) is 5.41 Å². The lowest BCUT2D eigenvalue weighted by Gasteiger charge is -2.37. The van der Waals surface area contributed by atoms with E-state index in [-0.39, 0.29) is 11.4 Å². The first-order valence-corrected chi connectivity index (χ1v) is 5.85. The maximum absolute atomic E-state index is 11.4. The first kappa shape index (κ1) is 10.9. The van der Waals surface area contributed by atoms with E-state index < -0.39 is 0 Å². The van der Waals surface area contributed by atoms with Crippen LogP contribution in [-0.4, -0.2) is 25.8 Å². The summed E-state index contributed by atoms with van der Waals surface area (Å²) in [5.74, 6) is 0.717. The van der Waals surface area contributed by atoms with Crippen LogP contribution in [-0.2, 0) is 14.3 Å². The molecule has 1 unspecified atom stereocenters. The maximum atomic E-state index is 11.4. The Labute approximate surface area is 91.1 Å². The second kappa shape index (κ2) is 4.12. The molecule has 1 aliphatic carbocycles. The van der Waals surface area contributed by atoms with Gasteiger partial charge in [0.15, 0.2) is 0 Å². The molecule has 3 nitrogen and oxygen atoms in total. The molecule has 0 aromatic rings. The average Bonchev–Trinajstić information content (AvgIpc) is 3.05. The molecule has 1 atom stereocenters. The van der Waals surface area contributed by atoms with Gasteiger partial charge in [-0.05, 0) is 18.8 Å². The number of ether oxygens (including phenoxy) is 2. The fourth-order valence-corrected chi connectivity index (χ4v) is 2.71. The Morgan fingerprint density at radius 3 is 2.53 bits per heavy atom. The second-order valence-electron chi connectivity index (χ2n) is 5.12. The lowest BCUT2D eigenvalue weighted by molar-refractivity contribution is -0.144. The van der Waals surface area contributed by atoms with Gasteiger partial charge < -0.3 is 9.47 Å². The molecule has 3 heteroatoms. The molecule has 0 aromatic carbocycles. The van der Waals surface area contributed by atoms with Crippen LogP contribution in [0, 0.1) is 11.3 Å². The van der Waals surface area contributed by atoms with Crippen molar-refractivity contribution in [2.75, 3.05) is 13.7 Å². The second-order valence-corrected chi connectivity index (χ2v) is 5.12. The molecule has 2 aliphatic rings. The van der Waals surface area contributed by atoms with Gasteiger partial charge in [0.1, 0.15) is 0 Å². The summed E-state index contributed by atoms with van der Waals surface area (Å²) in [6, 6.07) is 0. The van der Waals surface area contributed by atoms with Gasteiger partial charge in [-0.25, -0.2) is 0 Å². The van der Waals surface area contributed by atoms with E-state index in [1.807, 2.05) is 0 Å².